The molecule has 1 fully saturated rings. The number of benzene rings is 1. The lowest BCUT2D eigenvalue weighted by Crippen LogP contribution is -2.19. The molecule has 2 aliphatic rings. The fourth-order valence-corrected chi connectivity index (χ4v) is 2.96. The molecule has 17 heavy (non-hydrogen) atoms. The highest BCUT2D eigenvalue weighted by Crippen LogP contribution is 2.49. The third-order valence-electron chi connectivity index (χ3n) is 4.28. The van der Waals surface area contributed by atoms with E-state index in [2.05, 4.69) is 30.0 Å². The molecule has 1 saturated carbocycles. The summed E-state index contributed by atoms with van der Waals surface area (Å²) in [4.78, 5) is 7.32. The largest absolute Gasteiger partial charge is 0.371 e. The predicted octanol–water partition coefficient (Wildman–Crippen LogP) is 1.99. The van der Waals surface area contributed by atoms with Crippen LogP contribution in [0.3, 0.4) is 0 Å². The number of anilines is 1. The number of nitrogens with zero attached hydrogens (tertiary/aromatic N) is 1. The first-order valence-corrected chi connectivity index (χ1v) is 6.49. The summed E-state index contributed by atoms with van der Waals surface area (Å²) in [5.41, 5.74) is 4.55. The zero-order chi connectivity index (χ0) is 11.9. The van der Waals surface area contributed by atoms with Crippen molar-refractivity contribution in [2.24, 2.45) is 5.90 Å². The Labute approximate surface area is 103 Å². The zero-order valence-corrected chi connectivity index (χ0v) is 10.4. The zero-order valence-electron chi connectivity index (χ0n) is 10.4. The molecule has 3 heteroatoms. The summed E-state index contributed by atoms with van der Waals surface area (Å²) in [5, 5.41) is 0. The van der Waals surface area contributed by atoms with E-state index in [9.17, 15) is 0 Å². The van der Waals surface area contributed by atoms with Crippen molar-refractivity contribution in [3.05, 3.63) is 29.3 Å². The van der Waals surface area contributed by atoms with Crippen molar-refractivity contribution in [1.29, 1.82) is 0 Å². The molecule has 0 unspecified atom stereocenters. The molecule has 0 saturated heterocycles. The van der Waals surface area contributed by atoms with Gasteiger partial charge in [-0.1, -0.05) is 12.1 Å². The van der Waals surface area contributed by atoms with Crippen molar-refractivity contribution in [3.8, 4) is 0 Å². The van der Waals surface area contributed by atoms with Gasteiger partial charge in [-0.2, -0.15) is 0 Å². The molecule has 0 aromatic heterocycles. The van der Waals surface area contributed by atoms with Crippen molar-refractivity contribution in [2.45, 2.75) is 31.6 Å². The van der Waals surface area contributed by atoms with Gasteiger partial charge in [-0.15, -0.1) is 0 Å². The fraction of sp³-hybridized carbons (Fsp3) is 0.571. The Morgan fingerprint density at radius 2 is 2.24 bits per heavy atom. The molecule has 3 nitrogen and oxygen atoms in total. The molecule has 1 aliphatic carbocycles. The van der Waals surface area contributed by atoms with Crippen LogP contribution in [-0.2, 0) is 16.7 Å². The third kappa shape index (κ3) is 1.74. The minimum atomic E-state index is 0.226. The Morgan fingerprint density at radius 3 is 2.88 bits per heavy atom. The SMILES string of the molecule is CCN1CCc2cc(C3(CON)CC3)ccc21. The van der Waals surface area contributed by atoms with Crippen LogP contribution in [0.5, 0.6) is 0 Å². The first-order chi connectivity index (χ1) is 8.29. The van der Waals surface area contributed by atoms with Gasteiger partial charge in [-0.25, -0.2) is 5.90 Å². The lowest BCUT2D eigenvalue weighted by molar-refractivity contribution is 0.116. The molecule has 92 valence electrons. The summed E-state index contributed by atoms with van der Waals surface area (Å²) in [5.74, 6) is 5.24. The highest BCUT2D eigenvalue weighted by molar-refractivity contribution is 5.60. The highest BCUT2D eigenvalue weighted by atomic mass is 16.6. The summed E-state index contributed by atoms with van der Waals surface area (Å²) in [6, 6.07) is 6.91. The van der Waals surface area contributed by atoms with Crippen LogP contribution in [0.1, 0.15) is 30.9 Å². The quantitative estimate of drug-likeness (QED) is 0.807. The Balaban J connectivity index is 1.90. The first-order valence-electron chi connectivity index (χ1n) is 6.49. The van der Waals surface area contributed by atoms with Crippen LogP contribution >= 0.6 is 0 Å². The van der Waals surface area contributed by atoms with Crippen LogP contribution in [0.25, 0.3) is 0 Å². The molecule has 1 heterocycles. The third-order valence-corrected chi connectivity index (χ3v) is 4.28. The van der Waals surface area contributed by atoms with Gasteiger partial charge in [-0.05, 0) is 43.4 Å². The maximum Gasteiger partial charge on any atom is 0.0775 e. The van der Waals surface area contributed by atoms with Crippen molar-refractivity contribution >= 4 is 5.69 Å². The van der Waals surface area contributed by atoms with Gasteiger partial charge in [0.1, 0.15) is 0 Å². The first kappa shape index (κ1) is 11.1. The summed E-state index contributed by atoms with van der Waals surface area (Å²) in [6.45, 7) is 5.13. The lowest BCUT2D eigenvalue weighted by Gasteiger charge is -2.19. The van der Waals surface area contributed by atoms with Gasteiger partial charge in [0.25, 0.3) is 0 Å². The Kier molecular flexibility index (Phi) is 2.60. The van der Waals surface area contributed by atoms with E-state index < -0.39 is 0 Å². The topological polar surface area (TPSA) is 38.5 Å². The molecule has 0 spiro atoms. The number of hydrogen-bond acceptors (Lipinski definition) is 3. The molecule has 0 amide bonds. The van der Waals surface area contributed by atoms with Crippen LogP contribution in [-0.4, -0.2) is 19.7 Å². The molecule has 2 N–H and O–H groups in total. The Hall–Kier alpha value is -1.06. The van der Waals surface area contributed by atoms with Gasteiger partial charge in [0, 0.05) is 24.2 Å². The maximum atomic E-state index is 5.24. The maximum absolute atomic E-state index is 5.24. The van der Waals surface area contributed by atoms with E-state index in [1.54, 1.807) is 0 Å². The highest BCUT2D eigenvalue weighted by Gasteiger charge is 2.45. The van der Waals surface area contributed by atoms with Gasteiger partial charge in [0.2, 0.25) is 0 Å². The van der Waals surface area contributed by atoms with Gasteiger partial charge >= 0.3 is 0 Å². The lowest BCUT2D eigenvalue weighted by atomic mass is 9.94. The number of nitrogens with two attached hydrogens (primary N) is 1. The van der Waals surface area contributed by atoms with Crippen molar-refractivity contribution in [3.63, 3.8) is 0 Å². The van der Waals surface area contributed by atoms with E-state index in [0.29, 0.717) is 6.61 Å². The standard InChI is InChI=1S/C14H20N2O/c1-2-16-8-5-11-9-12(3-4-13(11)16)14(6-7-14)10-17-15/h3-4,9H,2,5-8,10,15H2,1H3. The molecule has 1 aromatic rings. The minimum absolute atomic E-state index is 0.226. The molecule has 1 aliphatic heterocycles. The molecule has 0 bridgehead atoms. The molecule has 0 radical (unpaired) electrons. The van der Waals surface area contributed by atoms with E-state index >= 15 is 0 Å². The van der Waals surface area contributed by atoms with Crippen LogP contribution in [0.4, 0.5) is 5.69 Å². The van der Waals surface area contributed by atoms with E-state index in [0.717, 1.165) is 13.1 Å². The smallest absolute Gasteiger partial charge is 0.0775 e. The average Bonchev–Trinajstić information content (AvgIpc) is 3.02. The molecule has 3 rings (SSSR count). The van der Waals surface area contributed by atoms with Gasteiger partial charge in [-0.3, -0.25) is 0 Å². The van der Waals surface area contributed by atoms with E-state index in [1.165, 1.54) is 36.1 Å². The predicted molar refractivity (Wildman–Crippen MR) is 69.1 cm³/mol. The average molecular weight is 232 g/mol. The number of hydrogen-bond donors (Lipinski definition) is 1. The number of rotatable bonds is 4. The second-order valence-electron chi connectivity index (χ2n) is 5.26. The summed E-state index contributed by atoms with van der Waals surface area (Å²) < 4.78 is 0. The summed E-state index contributed by atoms with van der Waals surface area (Å²) >= 11 is 0. The van der Waals surface area contributed by atoms with Crippen molar-refractivity contribution in [1.82, 2.24) is 0 Å². The summed E-state index contributed by atoms with van der Waals surface area (Å²) in [6.07, 6.45) is 3.59. The van der Waals surface area contributed by atoms with Crippen molar-refractivity contribution in [2.75, 3.05) is 24.6 Å². The second kappa shape index (κ2) is 4.00. The molecule has 1 aromatic carbocycles. The van der Waals surface area contributed by atoms with E-state index in [1.807, 2.05) is 0 Å². The van der Waals surface area contributed by atoms with E-state index in [-0.39, 0.29) is 5.41 Å². The van der Waals surface area contributed by atoms with E-state index in [4.69, 9.17) is 10.7 Å². The van der Waals surface area contributed by atoms with Crippen LogP contribution in [0, 0.1) is 0 Å². The van der Waals surface area contributed by atoms with Gasteiger partial charge < -0.3 is 9.74 Å². The summed E-state index contributed by atoms with van der Waals surface area (Å²) in [7, 11) is 0. The van der Waals surface area contributed by atoms with Gasteiger partial charge in [0.15, 0.2) is 0 Å². The van der Waals surface area contributed by atoms with Crippen LogP contribution in [0.2, 0.25) is 0 Å². The van der Waals surface area contributed by atoms with Gasteiger partial charge in [0.05, 0.1) is 6.61 Å². The van der Waals surface area contributed by atoms with Crippen LogP contribution < -0.4 is 10.8 Å². The second-order valence-corrected chi connectivity index (χ2v) is 5.26. The molecular weight excluding hydrogens is 212 g/mol. The normalized spacial score (nSPS) is 20.5. The Morgan fingerprint density at radius 1 is 1.41 bits per heavy atom. The monoisotopic (exact) mass is 232 g/mol. The van der Waals surface area contributed by atoms with Crippen molar-refractivity contribution < 1.29 is 4.84 Å². The molecule has 0 atom stereocenters. The number of likely N-dealkylation sites (N-methyl/N-ethyl adjacent to an activating group) is 1. The Bertz CT molecular complexity index is 426. The number of fused-ring (bicyclic) bond motifs is 1. The molecular formula is C14H20N2O. The fourth-order valence-electron chi connectivity index (χ4n) is 2.96. The minimum Gasteiger partial charge on any atom is -0.371 e. The van der Waals surface area contributed by atoms with Crippen LogP contribution in [0.15, 0.2) is 18.2 Å².